The summed E-state index contributed by atoms with van der Waals surface area (Å²) in [4.78, 5) is 25.8. The first kappa shape index (κ1) is 21.1. The number of hydrogen-bond donors (Lipinski definition) is 2. The molecule has 2 N–H and O–H groups in total. The third-order valence-electron chi connectivity index (χ3n) is 4.30. The van der Waals surface area contributed by atoms with Gasteiger partial charge < -0.3 is 10.6 Å². The Kier molecular flexibility index (Phi) is 7.12. The van der Waals surface area contributed by atoms with Crippen LogP contribution in [0.15, 0.2) is 82.2 Å². The average Bonchev–Trinajstić information content (AvgIpc) is 2.71. The van der Waals surface area contributed by atoms with Crippen LogP contribution in [0.3, 0.4) is 0 Å². The SMILES string of the molecule is Cc1ccccc1C(=O)Nc1ccc(SC(C)C(=O)Nc2ccc(Br)cc2)cc1. The third kappa shape index (κ3) is 5.95. The molecular formula is C23H21BrN2O2S. The summed E-state index contributed by atoms with van der Waals surface area (Å²) in [7, 11) is 0. The summed E-state index contributed by atoms with van der Waals surface area (Å²) >= 11 is 4.85. The minimum Gasteiger partial charge on any atom is -0.325 e. The van der Waals surface area contributed by atoms with Crippen molar-refractivity contribution in [2.75, 3.05) is 10.6 Å². The Morgan fingerprint density at radius 1 is 0.862 bits per heavy atom. The molecule has 0 radical (unpaired) electrons. The Labute approximate surface area is 183 Å². The fraction of sp³-hybridized carbons (Fsp3) is 0.130. The van der Waals surface area contributed by atoms with Crippen molar-refractivity contribution in [3.63, 3.8) is 0 Å². The van der Waals surface area contributed by atoms with E-state index >= 15 is 0 Å². The molecule has 0 aliphatic carbocycles. The maximum atomic E-state index is 12.4. The van der Waals surface area contributed by atoms with Gasteiger partial charge in [-0.05, 0) is 74.0 Å². The summed E-state index contributed by atoms with van der Waals surface area (Å²) in [6.45, 7) is 3.78. The molecule has 148 valence electrons. The predicted octanol–water partition coefficient (Wildman–Crippen LogP) is 6.13. The zero-order valence-electron chi connectivity index (χ0n) is 16.1. The van der Waals surface area contributed by atoms with Crippen LogP contribution in [-0.4, -0.2) is 17.1 Å². The number of thioether (sulfide) groups is 1. The summed E-state index contributed by atoms with van der Waals surface area (Å²) in [5, 5.41) is 5.56. The lowest BCUT2D eigenvalue weighted by Crippen LogP contribution is -2.22. The topological polar surface area (TPSA) is 58.2 Å². The average molecular weight is 469 g/mol. The lowest BCUT2D eigenvalue weighted by atomic mass is 10.1. The monoisotopic (exact) mass is 468 g/mol. The second kappa shape index (κ2) is 9.76. The van der Waals surface area contributed by atoms with Gasteiger partial charge in [-0.25, -0.2) is 0 Å². The molecule has 3 rings (SSSR count). The molecule has 0 bridgehead atoms. The molecule has 2 amide bonds. The molecule has 29 heavy (non-hydrogen) atoms. The van der Waals surface area contributed by atoms with Crippen LogP contribution in [0, 0.1) is 6.92 Å². The van der Waals surface area contributed by atoms with Gasteiger partial charge in [-0.15, -0.1) is 11.8 Å². The van der Waals surface area contributed by atoms with E-state index in [0.717, 1.165) is 26.3 Å². The molecule has 0 aromatic heterocycles. The van der Waals surface area contributed by atoms with Gasteiger partial charge in [0.25, 0.3) is 5.91 Å². The molecule has 1 unspecified atom stereocenters. The van der Waals surface area contributed by atoms with Crippen molar-refractivity contribution in [1.82, 2.24) is 0 Å². The van der Waals surface area contributed by atoms with Gasteiger partial charge in [-0.3, -0.25) is 9.59 Å². The lowest BCUT2D eigenvalue weighted by Gasteiger charge is -2.13. The number of hydrogen-bond acceptors (Lipinski definition) is 3. The fourth-order valence-corrected chi connectivity index (χ4v) is 3.81. The first-order chi connectivity index (χ1) is 13.9. The maximum Gasteiger partial charge on any atom is 0.255 e. The third-order valence-corrected chi connectivity index (χ3v) is 5.94. The predicted molar refractivity (Wildman–Crippen MR) is 124 cm³/mol. The molecule has 6 heteroatoms. The molecular weight excluding hydrogens is 448 g/mol. The molecule has 4 nitrogen and oxygen atoms in total. The van der Waals surface area contributed by atoms with Crippen LogP contribution < -0.4 is 10.6 Å². The molecule has 0 saturated heterocycles. The largest absolute Gasteiger partial charge is 0.325 e. The van der Waals surface area contributed by atoms with Crippen LogP contribution >= 0.6 is 27.7 Å². The number of carbonyl (C=O) groups excluding carboxylic acids is 2. The number of benzene rings is 3. The molecule has 0 aliphatic heterocycles. The number of rotatable bonds is 6. The highest BCUT2D eigenvalue weighted by Crippen LogP contribution is 2.26. The summed E-state index contributed by atoms with van der Waals surface area (Å²) in [6.07, 6.45) is 0. The number of anilines is 2. The van der Waals surface area contributed by atoms with E-state index in [1.54, 1.807) is 6.07 Å². The number of nitrogens with one attached hydrogen (secondary N) is 2. The normalized spacial score (nSPS) is 11.6. The van der Waals surface area contributed by atoms with Crippen molar-refractivity contribution in [1.29, 1.82) is 0 Å². The van der Waals surface area contributed by atoms with Crippen molar-refractivity contribution in [3.05, 3.63) is 88.4 Å². The summed E-state index contributed by atoms with van der Waals surface area (Å²) in [5.41, 5.74) is 3.07. The highest BCUT2D eigenvalue weighted by Gasteiger charge is 2.15. The Balaban J connectivity index is 1.57. The standard InChI is InChI=1S/C23H21BrN2O2S/c1-15-5-3-4-6-21(15)23(28)26-19-11-13-20(14-12-19)29-16(2)22(27)25-18-9-7-17(24)8-10-18/h3-14,16H,1-2H3,(H,25,27)(H,26,28). The van der Waals surface area contributed by atoms with E-state index in [2.05, 4.69) is 26.6 Å². The Morgan fingerprint density at radius 2 is 1.45 bits per heavy atom. The van der Waals surface area contributed by atoms with Gasteiger partial charge in [0.1, 0.15) is 0 Å². The van der Waals surface area contributed by atoms with Crippen molar-refractivity contribution < 1.29 is 9.59 Å². The highest BCUT2D eigenvalue weighted by molar-refractivity contribution is 9.10. The summed E-state index contributed by atoms with van der Waals surface area (Å²) in [5.74, 6) is -0.194. The van der Waals surface area contributed by atoms with Gasteiger partial charge in [0.15, 0.2) is 0 Å². The minimum absolute atomic E-state index is 0.0609. The van der Waals surface area contributed by atoms with E-state index in [0.29, 0.717) is 5.56 Å². The van der Waals surface area contributed by atoms with Gasteiger partial charge in [-0.1, -0.05) is 34.1 Å². The molecule has 3 aromatic carbocycles. The van der Waals surface area contributed by atoms with Crippen LogP contribution in [0.1, 0.15) is 22.8 Å². The highest BCUT2D eigenvalue weighted by atomic mass is 79.9. The molecule has 0 heterocycles. The van der Waals surface area contributed by atoms with Gasteiger partial charge in [-0.2, -0.15) is 0 Å². The van der Waals surface area contributed by atoms with Gasteiger partial charge in [0, 0.05) is 26.3 Å². The van der Waals surface area contributed by atoms with Gasteiger partial charge in [0.2, 0.25) is 5.91 Å². The molecule has 0 aliphatic rings. The Morgan fingerprint density at radius 3 is 2.10 bits per heavy atom. The quantitative estimate of drug-likeness (QED) is 0.427. The van der Waals surface area contributed by atoms with E-state index in [1.807, 2.05) is 80.6 Å². The number of halogens is 1. The Bertz CT molecular complexity index is 1000. The van der Waals surface area contributed by atoms with E-state index in [4.69, 9.17) is 0 Å². The van der Waals surface area contributed by atoms with Crippen LogP contribution in [0.25, 0.3) is 0 Å². The van der Waals surface area contributed by atoms with Gasteiger partial charge in [0.05, 0.1) is 5.25 Å². The smallest absolute Gasteiger partial charge is 0.255 e. The van der Waals surface area contributed by atoms with Crippen LogP contribution in [0.2, 0.25) is 0 Å². The van der Waals surface area contributed by atoms with Crippen LogP contribution in [0.5, 0.6) is 0 Å². The number of carbonyl (C=O) groups is 2. The van der Waals surface area contributed by atoms with Crippen molar-refractivity contribution >= 4 is 50.9 Å². The lowest BCUT2D eigenvalue weighted by molar-refractivity contribution is -0.115. The molecule has 3 aromatic rings. The second-order valence-electron chi connectivity index (χ2n) is 6.55. The van der Waals surface area contributed by atoms with Crippen LogP contribution in [-0.2, 0) is 4.79 Å². The summed E-state index contributed by atoms with van der Waals surface area (Å²) < 4.78 is 0.965. The maximum absolute atomic E-state index is 12.4. The zero-order chi connectivity index (χ0) is 20.8. The molecule has 0 spiro atoms. The number of aryl methyl sites for hydroxylation is 1. The van der Waals surface area contributed by atoms with Crippen molar-refractivity contribution in [2.45, 2.75) is 24.0 Å². The Hall–Kier alpha value is -2.57. The van der Waals surface area contributed by atoms with E-state index in [1.165, 1.54) is 11.8 Å². The molecule has 1 atom stereocenters. The van der Waals surface area contributed by atoms with Crippen molar-refractivity contribution in [2.24, 2.45) is 0 Å². The summed E-state index contributed by atoms with van der Waals surface area (Å²) in [6, 6.07) is 22.5. The van der Waals surface area contributed by atoms with E-state index in [9.17, 15) is 9.59 Å². The van der Waals surface area contributed by atoms with Gasteiger partial charge >= 0.3 is 0 Å². The molecule has 0 saturated carbocycles. The molecule has 0 fully saturated rings. The second-order valence-corrected chi connectivity index (χ2v) is 8.88. The fourth-order valence-electron chi connectivity index (χ4n) is 2.68. The number of amides is 2. The minimum atomic E-state index is -0.258. The zero-order valence-corrected chi connectivity index (χ0v) is 18.5. The van der Waals surface area contributed by atoms with Crippen LogP contribution in [0.4, 0.5) is 11.4 Å². The van der Waals surface area contributed by atoms with Crippen molar-refractivity contribution in [3.8, 4) is 0 Å². The van der Waals surface area contributed by atoms with E-state index < -0.39 is 0 Å². The van der Waals surface area contributed by atoms with E-state index in [-0.39, 0.29) is 17.1 Å². The first-order valence-electron chi connectivity index (χ1n) is 9.12. The first-order valence-corrected chi connectivity index (χ1v) is 10.8.